The van der Waals surface area contributed by atoms with E-state index < -0.39 is 10.8 Å². The number of hydrogen-bond acceptors (Lipinski definition) is 4. The number of nitrogens with zero attached hydrogens (tertiary/aromatic N) is 1. The Morgan fingerprint density at radius 2 is 1.64 bits per heavy atom. The van der Waals surface area contributed by atoms with Crippen LogP contribution in [0.2, 0.25) is 5.02 Å². The summed E-state index contributed by atoms with van der Waals surface area (Å²) < 4.78 is 18.5. The normalized spacial score (nSPS) is 11.8. The molecule has 1 heterocycles. The Labute approximate surface area is 200 Å². The van der Waals surface area contributed by atoms with Gasteiger partial charge in [-0.2, -0.15) is 0 Å². The Morgan fingerprint density at radius 3 is 2.30 bits per heavy atom. The first-order valence-corrected chi connectivity index (χ1v) is 12.1. The average molecular weight is 479 g/mol. The smallest absolute Gasteiger partial charge is 0.251 e. The molecule has 0 bridgehead atoms. The molecule has 0 aliphatic heterocycles. The molecule has 3 aromatic carbocycles. The molecular formula is C26H23ClN2O3S. The van der Waals surface area contributed by atoms with Crippen molar-refractivity contribution < 1.29 is 13.4 Å². The van der Waals surface area contributed by atoms with Crippen LogP contribution in [-0.2, 0) is 23.1 Å². The van der Waals surface area contributed by atoms with Crippen LogP contribution >= 0.6 is 11.6 Å². The van der Waals surface area contributed by atoms with Crippen LogP contribution in [0, 0.1) is 13.8 Å². The highest BCUT2D eigenvalue weighted by molar-refractivity contribution is 7.84. The van der Waals surface area contributed by atoms with Crippen molar-refractivity contribution in [2.45, 2.75) is 31.0 Å². The maximum absolute atomic E-state index is 12.7. The number of hydrogen-bond donors (Lipinski definition) is 1. The van der Waals surface area contributed by atoms with Crippen molar-refractivity contribution in [3.63, 3.8) is 0 Å². The van der Waals surface area contributed by atoms with E-state index >= 15 is 0 Å². The fourth-order valence-electron chi connectivity index (χ4n) is 3.23. The third-order valence-electron chi connectivity index (χ3n) is 5.20. The second-order valence-corrected chi connectivity index (χ2v) is 9.60. The molecule has 0 aliphatic carbocycles. The lowest BCUT2D eigenvalue weighted by atomic mass is 10.1. The van der Waals surface area contributed by atoms with E-state index in [-0.39, 0.29) is 11.7 Å². The van der Waals surface area contributed by atoms with Gasteiger partial charge in [0.05, 0.1) is 22.2 Å². The number of amides is 1. The SMILES string of the molecule is Cc1ccc([S@@](=O)Cc2nc(-c3ccc(C(=O)NCc4ccc(Cl)cc4)cc3)oc2C)cc1. The molecule has 1 amide bonds. The van der Waals surface area contributed by atoms with Crippen molar-refractivity contribution in [2.75, 3.05) is 0 Å². The van der Waals surface area contributed by atoms with E-state index in [1.54, 1.807) is 36.4 Å². The summed E-state index contributed by atoms with van der Waals surface area (Å²) in [6.07, 6.45) is 0. The summed E-state index contributed by atoms with van der Waals surface area (Å²) in [5.74, 6) is 1.19. The number of nitrogens with one attached hydrogen (secondary N) is 1. The van der Waals surface area contributed by atoms with Gasteiger partial charge in [0.25, 0.3) is 5.91 Å². The first kappa shape index (κ1) is 23.0. The van der Waals surface area contributed by atoms with Crippen LogP contribution in [0.1, 0.15) is 32.9 Å². The zero-order valence-corrected chi connectivity index (χ0v) is 19.9. The topological polar surface area (TPSA) is 72.2 Å². The number of halogens is 1. The van der Waals surface area contributed by atoms with Crippen molar-refractivity contribution >= 4 is 28.3 Å². The minimum Gasteiger partial charge on any atom is -0.441 e. The molecular weight excluding hydrogens is 456 g/mol. The summed E-state index contributed by atoms with van der Waals surface area (Å²) in [5.41, 5.74) is 4.04. The zero-order valence-electron chi connectivity index (χ0n) is 18.3. The molecule has 1 N–H and O–H groups in total. The van der Waals surface area contributed by atoms with E-state index in [1.807, 2.05) is 50.2 Å². The molecule has 168 valence electrons. The molecule has 1 atom stereocenters. The minimum atomic E-state index is -1.21. The highest BCUT2D eigenvalue weighted by atomic mass is 35.5. The summed E-state index contributed by atoms with van der Waals surface area (Å²) in [4.78, 5) is 17.8. The zero-order chi connectivity index (χ0) is 23.4. The summed E-state index contributed by atoms with van der Waals surface area (Å²) in [6, 6.07) is 22.0. The van der Waals surface area contributed by atoms with Gasteiger partial charge in [-0.25, -0.2) is 4.98 Å². The summed E-state index contributed by atoms with van der Waals surface area (Å²) in [7, 11) is -1.21. The van der Waals surface area contributed by atoms with Gasteiger partial charge in [0.2, 0.25) is 5.89 Å². The molecule has 0 unspecified atom stereocenters. The van der Waals surface area contributed by atoms with Crippen molar-refractivity contribution in [1.29, 1.82) is 0 Å². The first-order valence-electron chi connectivity index (χ1n) is 10.4. The van der Waals surface area contributed by atoms with Gasteiger partial charge >= 0.3 is 0 Å². The largest absolute Gasteiger partial charge is 0.441 e. The van der Waals surface area contributed by atoms with Gasteiger partial charge in [-0.05, 0) is 67.9 Å². The number of benzene rings is 3. The van der Waals surface area contributed by atoms with Crippen LogP contribution in [0.4, 0.5) is 0 Å². The number of aryl methyl sites for hydroxylation is 2. The Hall–Kier alpha value is -3.22. The molecule has 0 fully saturated rings. The van der Waals surface area contributed by atoms with Gasteiger partial charge in [0.1, 0.15) is 5.76 Å². The maximum atomic E-state index is 12.7. The van der Waals surface area contributed by atoms with Crippen LogP contribution in [-0.4, -0.2) is 15.1 Å². The van der Waals surface area contributed by atoms with Crippen molar-refractivity contribution in [3.05, 3.63) is 106 Å². The molecule has 5 nitrogen and oxygen atoms in total. The summed E-state index contributed by atoms with van der Waals surface area (Å²) in [6.45, 7) is 4.23. The highest BCUT2D eigenvalue weighted by Gasteiger charge is 2.16. The van der Waals surface area contributed by atoms with E-state index in [0.29, 0.717) is 34.5 Å². The first-order chi connectivity index (χ1) is 15.9. The molecule has 0 saturated carbocycles. The Kier molecular flexibility index (Phi) is 7.06. The van der Waals surface area contributed by atoms with Crippen molar-refractivity contribution in [2.24, 2.45) is 0 Å². The van der Waals surface area contributed by atoms with Crippen LogP contribution in [0.15, 0.2) is 82.1 Å². The predicted molar refractivity (Wildman–Crippen MR) is 131 cm³/mol. The van der Waals surface area contributed by atoms with E-state index in [4.69, 9.17) is 16.0 Å². The number of carbonyl (C=O) groups is 1. The molecule has 33 heavy (non-hydrogen) atoms. The molecule has 4 aromatic rings. The molecule has 0 aliphatic rings. The number of rotatable bonds is 7. The third-order valence-corrected chi connectivity index (χ3v) is 6.79. The van der Waals surface area contributed by atoms with E-state index in [1.165, 1.54) is 0 Å². The average Bonchev–Trinajstić information content (AvgIpc) is 3.19. The Bertz CT molecular complexity index is 1280. The van der Waals surface area contributed by atoms with Gasteiger partial charge in [0, 0.05) is 27.6 Å². The van der Waals surface area contributed by atoms with E-state index in [2.05, 4.69) is 10.3 Å². The van der Waals surface area contributed by atoms with Crippen molar-refractivity contribution in [1.82, 2.24) is 10.3 Å². The molecule has 0 spiro atoms. The van der Waals surface area contributed by atoms with Gasteiger partial charge < -0.3 is 9.73 Å². The van der Waals surface area contributed by atoms with E-state index in [9.17, 15) is 9.00 Å². The van der Waals surface area contributed by atoms with E-state index in [0.717, 1.165) is 21.6 Å². The standard InChI is InChI=1S/C26H23ClN2O3S/c1-17-3-13-23(14-4-17)33(31)16-24-18(2)32-26(29-24)21-9-7-20(8-10-21)25(30)28-15-19-5-11-22(27)12-6-19/h3-14H,15-16H2,1-2H3,(H,28,30)/t33-/m0/s1. The van der Waals surface area contributed by atoms with Crippen molar-refractivity contribution in [3.8, 4) is 11.5 Å². The molecule has 7 heteroatoms. The fraction of sp³-hybridized carbons (Fsp3) is 0.154. The predicted octanol–water partition coefficient (Wildman–Crippen LogP) is 5.85. The quantitative estimate of drug-likeness (QED) is 0.361. The molecule has 1 aromatic heterocycles. The van der Waals surface area contributed by atoms with Crippen LogP contribution in [0.25, 0.3) is 11.5 Å². The lowest BCUT2D eigenvalue weighted by Crippen LogP contribution is -2.22. The summed E-state index contributed by atoms with van der Waals surface area (Å²) >= 11 is 5.89. The number of oxazole rings is 1. The van der Waals surface area contributed by atoms with Gasteiger partial charge in [-0.3, -0.25) is 9.00 Å². The molecule has 4 rings (SSSR count). The van der Waals surface area contributed by atoms with Gasteiger partial charge in [-0.15, -0.1) is 0 Å². The lowest BCUT2D eigenvalue weighted by molar-refractivity contribution is 0.0951. The number of carbonyl (C=O) groups excluding carboxylic acids is 1. The van der Waals surface area contributed by atoms with Crippen LogP contribution in [0.5, 0.6) is 0 Å². The molecule has 0 radical (unpaired) electrons. The highest BCUT2D eigenvalue weighted by Crippen LogP contribution is 2.24. The second-order valence-electron chi connectivity index (χ2n) is 7.71. The Morgan fingerprint density at radius 1 is 0.970 bits per heavy atom. The Balaban J connectivity index is 1.41. The lowest BCUT2D eigenvalue weighted by Gasteiger charge is -2.06. The van der Waals surface area contributed by atoms with Crippen LogP contribution in [0.3, 0.4) is 0 Å². The summed E-state index contributed by atoms with van der Waals surface area (Å²) in [5, 5.41) is 3.55. The van der Waals surface area contributed by atoms with Gasteiger partial charge in [0.15, 0.2) is 0 Å². The fourth-order valence-corrected chi connectivity index (χ4v) is 4.48. The molecule has 0 saturated heterocycles. The van der Waals surface area contributed by atoms with Gasteiger partial charge in [-0.1, -0.05) is 41.4 Å². The number of aromatic nitrogens is 1. The minimum absolute atomic E-state index is 0.172. The second kappa shape index (κ2) is 10.1. The van der Waals surface area contributed by atoms with Crippen LogP contribution < -0.4 is 5.32 Å². The maximum Gasteiger partial charge on any atom is 0.251 e. The monoisotopic (exact) mass is 478 g/mol. The third kappa shape index (κ3) is 5.78.